The van der Waals surface area contributed by atoms with Crippen molar-refractivity contribution in [3.05, 3.63) is 29.1 Å². The molecule has 1 aromatic rings. The van der Waals surface area contributed by atoms with Crippen LogP contribution in [-0.2, 0) is 4.74 Å². The predicted molar refractivity (Wildman–Crippen MR) is 59.0 cm³/mol. The molecule has 0 atom stereocenters. The Hall–Kier alpha value is -1.75. The van der Waals surface area contributed by atoms with Gasteiger partial charge in [0.2, 0.25) is 0 Å². The highest BCUT2D eigenvalue weighted by Gasteiger charge is 2.32. The summed E-state index contributed by atoms with van der Waals surface area (Å²) >= 11 is -0.587. The molecule has 3 nitrogen and oxygen atoms in total. The monoisotopic (exact) mass is 293 g/mol. The van der Waals surface area contributed by atoms with E-state index in [1.165, 1.54) is 13.0 Å². The van der Waals surface area contributed by atoms with Crippen LogP contribution in [-0.4, -0.2) is 18.1 Å². The zero-order chi connectivity index (χ0) is 14.6. The van der Waals surface area contributed by atoms with Crippen LogP contribution in [0.4, 0.5) is 17.6 Å². The Balaban J connectivity index is 3.35. The third-order valence-corrected chi connectivity index (χ3v) is 2.72. The number of carbonyl (C=O) groups is 1. The van der Waals surface area contributed by atoms with Crippen LogP contribution in [0.5, 0.6) is 0 Å². The van der Waals surface area contributed by atoms with Crippen LogP contribution < -0.4 is 0 Å². The lowest BCUT2D eigenvalue weighted by Crippen LogP contribution is -2.11. The van der Waals surface area contributed by atoms with Crippen molar-refractivity contribution in [1.82, 2.24) is 0 Å². The summed E-state index contributed by atoms with van der Waals surface area (Å²) in [6, 6.07) is 2.90. The maximum Gasteiger partial charge on any atom is 0.446 e. The van der Waals surface area contributed by atoms with Gasteiger partial charge in [0, 0.05) is 4.90 Å². The third-order valence-electron chi connectivity index (χ3n) is 1.93. The summed E-state index contributed by atoms with van der Waals surface area (Å²) in [5, 5.41) is 8.83. The number of alkyl halides is 3. The first-order valence-corrected chi connectivity index (χ1v) is 5.77. The smallest absolute Gasteiger partial charge is 0.446 e. The number of ether oxygens (including phenoxy) is 1. The molecular weight excluding hydrogens is 286 g/mol. The van der Waals surface area contributed by atoms with Gasteiger partial charge in [0.15, 0.2) is 0 Å². The molecule has 102 valence electrons. The molecule has 0 N–H and O–H groups in total. The molecule has 0 aliphatic rings. The Morgan fingerprint density at radius 1 is 1.47 bits per heavy atom. The van der Waals surface area contributed by atoms with Crippen molar-refractivity contribution in [2.75, 3.05) is 6.61 Å². The molecule has 0 saturated carbocycles. The van der Waals surface area contributed by atoms with E-state index in [0.717, 1.165) is 6.07 Å². The third kappa shape index (κ3) is 3.86. The molecule has 0 amide bonds. The Kier molecular flexibility index (Phi) is 4.78. The van der Waals surface area contributed by atoms with Crippen LogP contribution in [0.15, 0.2) is 17.0 Å². The summed E-state index contributed by atoms with van der Waals surface area (Å²) in [6.45, 7) is 1.37. The number of nitrogens with zero attached hydrogens (tertiary/aromatic N) is 1. The lowest BCUT2D eigenvalue weighted by atomic mass is 10.1. The number of thioether (sulfide) groups is 1. The van der Waals surface area contributed by atoms with Gasteiger partial charge < -0.3 is 4.74 Å². The van der Waals surface area contributed by atoms with Gasteiger partial charge in [-0.05, 0) is 30.8 Å². The molecule has 0 aliphatic heterocycles. The summed E-state index contributed by atoms with van der Waals surface area (Å²) in [5.74, 6) is -2.26. The van der Waals surface area contributed by atoms with E-state index in [9.17, 15) is 22.4 Å². The Labute approximate surface area is 110 Å². The fraction of sp³-hybridized carbons (Fsp3) is 0.273. The highest BCUT2D eigenvalue weighted by atomic mass is 32.2. The molecule has 0 fully saturated rings. The molecule has 1 rings (SSSR count). The minimum atomic E-state index is -4.64. The van der Waals surface area contributed by atoms with Gasteiger partial charge in [-0.2, -0.15) is 18.4 Å². The first-order valence-electron chi connectivity index (χ1n) is 4.95. The molecule has 0 bridgehead atoms. The number of hydrogen-bond donors (Lipinski definition) is 0. The minimum absolute atomic E-state index is 0.0835. The average Bonchev–Trinajstić information content (AvgIpc) is 2.29. The maximum absolute atomic E-state index is 13.5. The molecule has 0 aliphatic carbocycles. The lowest BCUT2D eigenvalue weighted by molar-refractivity contribution is -0.0328. The number of esters is 1. The maximum atomic E-state index is 13.5. The van der Waals surface area contributed by atoms with E-state index in [1.54, 1.807) is 0 Å². The van der Waals surface area contributed by atoms with Gasteiger partial charge in [-0.3, -0.25) is 0 Å². The molecular formula is C11H7F4NO2S. The second kappa shape index (κ2) is 5.93. The summed E-state index contributed by atoms with van der Waals surface area (Å²) in [7, 11) is 0. The van der Waals surface area contributed by atoms with Crippen LogP contribution in [0.25, 0.3) is 0 Å². The first kappa shape index (κ1) is 15.3. The SMILES string of the molecule is CCOC(=O)c1c(F)ccc(SC(F)(F)F)c1C#N. The average molecular weight is 293 g/mol. The van der Waals surface area contributed by atoms with Gasteiger partial charge in [0.1, 0.15) is 17.4 Å². The van der Waals surface area contributed by atoms with Crippen molar-refractivity contribution < 1.29 is 27.1 Å². The fourth-order valence-corrected chi connectivity index (χ4v) is 1.92. The van der Waals surface area contributed by atoms with Crippen molar-refractivity contribution in [3.8, 4) is 6.07 Å². The standard InChI is InChI=1S/C11H7F4NO2S/c1-2-18-10(17)9-6(5-16)8(4-3-7(9)12)19-11(13,14)15/h3-4H,2H2,1H3. The lowest BCUT2D eigenvalue weighted by Gasteiger charge is -2.11. The first-order chi connectivity index (χ1) is 8.80. The van der Waals surface area contributed by atoms with Crippen LogP contribution in [0, 0.1) is 17.1 Å². The van der Waals surface area contributed by atoms with Gasteiger partial charge in [-0.25, -0.2) is 9.18 Å². The quantitative estimate of drug-likeness (QED) is 0.486. The Morgan fingerprint density at radius 2 is 2.11 bits per heavy atom. The molecule has 0 radical (unpaired) electrons. The van der Waals surface area contributed by atoms with Gasteiger partial charge in [-0.1, -0.05) is 0 Å². The van der Waals surface area contributed by atoms with E-state index < -0.39 is 45.1 Å². The predicted octanol–water partition coefficient (Wildman–Crippen LogP) is 3.49. The van der Waals surface area contributed by atoms with Crippen LogP contribution in [0.3, 0.4) is 0 Å². The van der Waals surface area contributed by atoms with Gasteiger partial charge in [0.25, 0.3) is 0 Å². The fourth-order valence-electron chi connectivity index (χ4n) is 1.28. The summed E-state index contributed by atoms with van der Waals surface area (Å²) in [5.41, 5.74) is -6.10. The minimum Gasteiger partial charge on any atom is -0.462 e. The number of halogens is 4. The van der Waals surface area contributed by atoms with E-state index in [0.29, 0.717) is 6.07 Å². The largest absolute Gasteiger partial charge is 0.462 e. The van der Waals surface area contributed by atoms with Crippen LogP contribution in [0.1, 0.15) is 22.8 Å². The second-order valence-electron chi connectivity index (χ2n) is 3.18. The van der Waals surface area contributed by atoms with Crippen molar-refractivity contribution in [2.24, 2.45) is 0 Å². The van der Waals surface area contributed by atoms with Crippen LogP contribution >= 0.6 is 11.8 Å². The Morgan fingerprint density at radius 3 is 2.58 bits per heavy atom. The van der Waals surface area contributed by atoms with Gasteiger partial charge in [-0.15, -0.1) is 0 Å². The van der Waals surface area contributed by atoms with Crippen molar-refractivity contribution in [1.29, 1.82) is 5.26 Å². The zero-order valence-electron chi connectivity index (χ0n) is 9.55. The number of benzene rings is 1. The van der Waals surface area contributed by atoms with Crippen molar-refractivity contribution >= 4 is 17.7 Å². The molecule has 19 heavy (non-hydrogen) atoms. The number of carbonyl (C=O) groups excluding carboxylic acids is 1. The van der Waals surface area contributed by atoms with Crippen molar-refractivity contribution in [3.63, 3.8) is 0 Å². The normalized spacial score (nSPS) is 10.9. The van der Waals surface area contributed by atoms with E-state index >= 15 is 0 Å². The zero-order valence-corrected chi connectivity index (χ0v) is 10.4. The van der Waals surface area contributed by atoms with E-state index in [-0.39, 0.29) is 6.61 Å². The van der Waals surface area contributed by atoms with E-state index in [2.05, 4.69) is 4.74 Å². The van der Waals surface area contributed by atoms with E-state index in [4.69, 9.17) is 5.26 Å². The summed E-state index contributed by atoms with van der Waals surface area (Å²) < 4.78 is 54.8. The molecule has 0 heterocycles. The van der Waals surface area contributed by atoms with Crippen molar-refractivity contribution in [2.45, 2.75) is 17.3 Å². The highest BCUT2D eigenvalue weighted by molar-refractivity contribution is 8.00. The molecule has 0 spiro atoms. The second-order valence-corrected chi connectivity index (χ2v) is 4.28. The highest BCUT2D eigenvalue weighted by Crippen LogP contribution is 2.39. The summed E-state index contributed by atoms with van der Waals surface area (Å²) in [6.07, 6.45) is 0. The van der Waals surface area contributed by atoms with Gasteiger partial charge in [0.05, 0.1) is 12.2 Å². The van der Waals surface area contributed by atoms with Crippen LogP contribution in [0.2, 0.25) is 0 Å². The van der Waals surface area contributed by atoms with E-state index in [1.807, 2.05) is 0 Å². The number of rotatable bonds is 3. The topological polar surface area (TPSA) is 50.1 Å². The number of hydrogen-bond acceptors (Lipinski definition) is 4. The van der Waals surface area contributed by atoms with Gasteiger partial charge >= 0.3 is 11.5 Å². The molecule has 0 unspecified atom stereocenters. The number of nitriles is 1. The molecule has 1 aromatic carbocycles. The Bertz CT molecular complexity index is 537. The molecule has 0 saturated heterocycles. The summed E-state index contributed by atoms with van der Waals surface area (Å²) in [4.78, 5) is 10.9. The molecule has 8 heteroatoms. The molecule has 0 aromatic heterocycles.